The van der Waals surface area contributed by atoms with Crippen molar-refractivity contribution >= 4 is 38.5 Å². The van der Waals surface area contributed by atoms with Gasteiger partial charge in [-0.2, -0.15) is 0 Å². The molecule has 7 heteroatoms. The van der Waals surface area contributed by atoms with Crippen LogP contribution < -0.4 is 15.8 Å². The quantitative estimate of drug-likeness (QED) is 0.844. The number of nitrogens with one attached hydrogen (secondary N) is 1. The van der Waals surface area contributed by atoms with Gasteiger partial charge in [0.25, 0.3) is 0 Å². The van der Waals surface area contributed by atoms with Gasteiger partial charge in [-0.05, 0) is 24.3 Å². The first-order chi connectivity index (χ1) is 9.82. The maximum atomic E-state index is 11.7. The van der Waals surface area contributed by atoms with Crippen LogP contribution in [0, 0.1) is 0 Å². The largest absolute Gasteiger partial charge is 0.497 e. The number of para-hydroxylation sites is 1. The van der Waals surface area contributed by atoms with Crippen LogP contribution in [0.3, 0.4) is 0 Å². The van der Waals surface area contributed by atoms with Crippen molar-refractivity contribution in [1.29, 1.82) is 0 Å². The second kappa shape index (κ2) is 5.83. The maximum absolute atomic E-state index is 11.7. The van der Waals surface area contributed by atoms with Crippen molar-refractivity contribution in [3.05, 3.63) is 41.4 Å². The lowest BCUT2D eigenvalue weighted by Gasteiger charge is -2.14. The van der Waals surface area contributed by atoms with Gasteiger partial charge in [0.15, 0.2) is 9.84 Å². The van der Waals surface area contributed by atoms with E-state index in [1.54, 1.807) is 37.4 Å². The minimum absolute atomic E-state index is 0.0755. The van der Waals surface area contributed by atoms with Crippen LogP contribution >= 0.6 is 11.6 Å². The van der Waals surface area contributed by atoms with E-state index in [2.05, 4.69) is 5.32 Å². The Morgan fingerprint density at radius 3 is 2.52 bits per heavy atom. The summed E-state index contributed by atoms with van der Waals surface area (Å²) in [6.45, 7) is 0. The molecule has 0 aliphatic rings. The number of anilines is 3. The van der Waals surface area contributed by atoms with E-state index >= 15 is 0 Å². The predicted octanol–water partition coefficient (Wildman–Crippen LogP) is 3.08. The maximum Gasteiger partial charge on any atom is 0.177 e. The Balaban J connectivity index is 2.46. The summed E-state index contributed by atoms with van der Waals surface area (Å²) in [5.74, 6) is 0.625. The predicted molar refractivity (Wildman–Crippen MR) is 85.3 cm³/mol. The monoisotopic (exact) mass is 326 g/mol. The van der Waals surface area contributed by atoms with Crippen LogP contribution in [0.2, 0.25) is 5.02 Å². The van der Waals surface area contributed by atoms with Crippen LogP contribution in [0.1, 0.15) is 0 Å². The summed E-state index contributed by atoms with van der Waals surface area (Å²) in [5, 5.41) is 3.50. The van der Waals surface area contributed by atoms with Gasteiger partial charge in [0.05, 0.1) is 34.1 Å². The molecule has 0 saturated carbocycles. The highest BCUT2D eigenvalue weighted by atomic mass is 35.5. The summed E-state index contributed by atoms with van der Waals surface area (Å²) >= 11 is 6.11. The van der Waals surface area contributed by atoms with Crippen molar-refractivity contribution < 1.29 is 13.2 Å². The molecule has 2 aromatic rings. The molecule has 0 spiro atoms. The number of nitrogen functional groups attached to an aromatic ring is 1. The smallest absolute Gasteiger partial charge is 0.177 e. The van der Waals surface area contributed by atoms with Gasteiger partial charge in [-0.25, -0.2) is 8.42 Å². The zero-order chi connectivity index (χ0) is 15.6. The van der Waals surface area contributed by atoms with Crippen LogP contribution in [-0.4, -0.2) is 21.8 Å². The van der Waals surface area contributed by atoms with Crippen LogP contribution in [0.4, 0.5) is 17.1 Å². The molecule has 112 valence electrons. The van der Waals surface area contributed by atoms with Gasteiger partial charge in [-0.15, -0.1) is 0 Å². The summed E-state index contributed by atoms with van der Waals surface area (Å²) < 4.78 is 28.5. The highest BCUT2D eigenvalue weighted by Crippen LogP contribution is 2.33. The van der Waals surface area contributed by atoms with E-state index in [4.69, 9.17) is 22.1 Å². The van der Waals surface area contributed by atoms with E-state index in [-0.39, 0.29) is 10.6 Å². The molecule has 0 amide bonds. The molecule has 0 bridgehead atoms. The molecule has 0 fully saturated rings. The molecule has 5 nitrogen and oxygen atoms in total. The number of nitrogens with two attached hydrogens (primary N) is 1. The number of hydrogen-bond acceptors (Lipinski definition) is 5. The second-order valence-electron chi connectivity index (χ2n) is 4.46. The van der Waals surface area contributed by atoms with E-state index in [0.29, 0.717) is 22.1 Å². The van der Waals surface area contributed by atoms with Crippen molar-refractivity contribution in [2.75, 3.05) is 24.4 Å². The minimum Gasteiger partial charge on any atom is -0.497 e. The molecule has 0 radical (unpaired) electrons. The molecule has 0 aromatic heterocycles. The molecule has 0 heterocycles. The Morgan fingerprint density at radius 1 is 1.19 bits per heavy atom. The number of methoxy groups -OCH3 is 1. The topological polar surface area (TPSA) is 81.4 Å². The summed E-state index contributed by atoms with van der Waals surface area (Å²) in [5.41, 5.74) is 7.12. The Bertz CT molecular complexity index is 776. The fourth-order valence-electron chi connectivity index (χ4n) is 1.85. The number of hydrogen-bond donors (Lipinski definition) is 2. The first-order valence-corrected chi connectivity index (χ1v) is 8.29. The van der Waals surface area contributed by atoms with Crippen LogP contribution in [0.25, 0.3) is 0 Å². The molecule has 0 aliphatic heterocycles. The normalized spacial score (nSPS) is 11.2. The van der Waals surface area contributed by atoms with Crippen molar-refractivity contribution in [1.82, 2.24) is 0 Å². The van der Waals surface area contributed by atoms with Crippen LogP contribution in [0.5, 0.6) is 5.75 Å². The van der Waals surface area contributed by atoms with E-state index < -0.39 is 9.84 Å². The van der Waals surface area contributed by atoms with Crippen molar-refractivity contribution in [3.63, 3.8) is 0 Å². The molecular formula is C14H15ClN2O3S. The Labute approximate surface area is 128 Å². The number of sulfone groups is 1. The van der Waals surface area contributed by atoms with Gasteiger partial charge in [-0.1, -0.05) is 17.7 Å². The molecule has 0 aliphatic carbocycles. The van der Waals surface area contributed by atoms with Crippen molar-refractivity contribution in [3.8, 4) is 5.75 Å². The van der Waals surface area contributed by atoms with E-state index in [1.807, 2.05) is 0 Å². The first-order valence-electron chi connectivity index (χ1n) is 6.02. The Hall–Kier alpha value is -1.92. The lowest BCUT2D eigenvalue weighted by Crippen LogP contribution is -2.05. The van der Waals surface area contributed by atoms with Gasteiger partial charge in [0, 0.05) is 12.3 Å². The zero-order valence-electron chi connectivity index (χ0n) is 11.6. The molecular weight excluding hydrogens is 312 g/mol. The SMILES string of the molecule is COc1ccc(Cl)c(Nc2cccc(S(C)(=O)=O)c2N)c1. The molecule has 3 N–H and O–H groups in total. The lowest BCUT2D eigenvalue weighted by atomic mass is 10.2. The van der Waals surface area contributed by atoms with Crippen LogP contribution in [-0.2, 0) is 9.84 Å². The van der Waals surface area contributed by atoms with E-state index in [1.165, 1.54) is 6.07 Å². The fourth-order valence-corrected chi connectivity index (χ4v) is 2.85. The van der Waals surface area contributed by atoms with Gasteiger partial charge in [-0.3, -0.25) is 0 Å². The Kier molecular flexibility index (Phi) is 4.29. The molecule has 0 saturated heterocycles. The Morgan fingerprint density at radius 2 is 1.90 bits per heavy atom. The molecule has 0 atom stereocenters. The second-order valence-corrected chi connectivity index (χ2v) is 6.85. The first kappa shape index (κ1) is 15.5. The fraction of sp³-hybridized carbons (Fsp3) is 0.143. The van der Waals surface area contributed by atoms with Gasteiger partial charge < -0.3 is 15.8 Å². The van der Waals surface area contributed by atoms with E-state index in [0.717, 1.165) is 6.26 Å². The highest BCUT2D eigenvalue weighted by Gasteiger charge is 2.15. The summed E-state index contributed by atoms with van der Waals surface area (Å²) in [6.07, 6.45) is 1.11. The third kappa shape index (κ3) is 3.40. The third-order valence-electron chi connectivity index (χ3n) is 2.91. The molecule has 2 aromatic carbocycles. The van der Waals surface area contributed by atoms with E-state index in [9.17, 15) is 8.42 Å². The molecule has 21 heavy (non-hydrogen) atoms. The summed E-state index contributed by atoms with van der Waals surface area (Å²) in [6, 6.07) is 9.87. The number of rotatable bonds is 4. The van der Waals surface area contributed by atoms with Crippen molar-refractivity contribution in [2.45, 2.75) is 4.90 Å². The number of halogens is 1. The third-order valence-corrected chi connectivity index (χ3v) is 4.39. The molecule has 2 rings (SSSR count). The molecule has 0 unspecified atom stereocenters. The van der Waals surface area contributed by atoms with Gasteiger partial charge in [0.1, 0.15) is 5.75 Å². The number of benzene rings is 2. The summed E-state index contributed by atoms with van der Waals surface area (Å²) in [4.78, 5) is 0.0755. The lowest BCUT2D eigenvalue weighted by molar-refractivity contribution is 0.415. The van der Waals surface area contributed by atoms with Crippen molar-refractivity contribution in [2.24, 2.45) is 0 Å². The number of ether oxygens (including phenoxy) is 1. The highest BCUT2D eigenvalue weighted by molar-refractivity contribution is 7.90. The minimum atomic E-state index is -3.39. The van der Waals surface area contributed by atoms with Crippen LogP contribution in [0.15, 0.2) is 41.3 Å². The standard InChI is InChI=1S/C14H15ClN2O3S/c1-20-9-6-7-10(15)12(8-9)17-11-4-3-5-13(14(11)16)21(2,18)19/h3-8,17H,16H2,1-2H3. The van der Waals surface area contributed by atoms with Gasteiger partial charge in [0.2, 0.25) is 0 Å². The average Bonchev–Trinajstić information content (AvgIpc) is 2.42. The zero-order valence-corrected chi connectivity index (χ0v) is 13.1. The van der Waals surface area contributed by atoms with Gasteiger partial charge >= 0.3 is 0 Å². The summed E-state index contributed by atoms with van der Waals surface area (Å²) in [7, 11) is -1.85. The average molecular weight is 327 g/mol.